The summed E-state index contributed by atoms with van der Waals surface area (Å²) in [6.07, 6.45) is 0.452. The standard InChI is InChI=1S/C37H51N7O10/c38-36(52)31(40-37(53)54-25-30-28-9-3-1-7-26(28)27-8-2-4-10-29(27)30)11-5-6-12-39-32(45)21-41-13-15-42(22-33(46)47)17-19-44(24-35(50)51)20-18-43(16-14-41)23-34(48)49/h1-4,7-10,30-31H,5-6,11-25H2,(H2,38,52)(H,39,45)(H,40,53)(H,46,47)(H,48,49)(H,50,51)/t31-/m0/s1. The van der Waals surface area contributed by atoms with E-state index < -0.39 is 36.0 Å². The second-order valence-corrected chi connectivity index (χ2v) is 13.6. The third-order valence-corrected chi connectivity index (χ3v) is 9.59. The normalized spacial score (nSPS) is 16.9. The van der Waals surface area contributed by atoms with Crippen molar-refractivity contribution in [2.24, 2.45) is 5.73 Å². The van der Waals surface area contributed by atoms with Gasteiger partial charge in [-0.25, -0.2) is 4.79 Å². The Hall–Kier alpha value is -5.10. The molecule has 0 bridgehead atoms. The van der Waals surface area contributed by atoms with E-state index in [1.54, 1.807) is 14.7 Å². The van der Waals surface area contributed by atoms with E-state index in [-0.39, 0.29) is 77.2 Å². The third kappa shape index (κ3) is 13.4. The molecule has 7 N–H and O–H groups in total. The highest BCUT2D eigenvalue weighted by Gasteiger charge is 2.30. The molecule has 2 aromatic carbocycles. The lowest BCUT2D eigenvalue weighted by Gasteiger charge is -2.32. The summed E-state index contributed by atoms with van der Waals surface area (Å²) in [5.74, 6) is -4.22. The van der Waals surface area contributed by atoms with Crippen LogP contribution in [0.1, 0.15) is 36.3 Å². The lowest BCUT2D eigenvalue weighted by atomic mass is 9.98. The summed E-state index contributed by atoms with van der Waals surface area (Å²) in [6, 6.07) is 15.0. The quantitative estimate of drug-likeness (QED) is 0.118. The molecule has 2 aliphatic rings. The van der Waals surface area contributed by atoms with Crippen LogP contribution in [0.3, 0.4) is 0 Å². The average molecular weight is 754 g/mol. The Kier molecular flexibility index (Phi) is 16.2. The van der Waals surface area contributed by atoms with Gasteiger partial charge in [0.15, 0.2) is 0 Å². The van der Waals surface area contributed by atoms with Gasteiger partial charge < -0.3 is 36.4 Å². The number of carbonyl (C=O) groups is 6. The molecule has 0 aromatic heterocycles. The minimum atomic E-state index is -1.04. The highest BCUT2D eigenvalue weighted by atomic mass is 16.5. The molecule has 3 amide bonds. The molecule has 1 heterocycles. The molecule has 0 unspecified atom stereocenters. The highest BCUT2D eigenvalue weighted by molar-refractivity contribution is 5.84. The summed E-state index contributed by atoms with van der Waals surface area (Å²) in [5.41, 5.74) is 9.90. The van der Waals surface area contributed by atoms with Crippen molar-refractivity contribution in [3.63, 3.8) is 0 Å². The number of primary amides is 1. The maximum absolute atomic E-state index is 13.0. The number of aliphatic carboxylic acids is 3. The number of benzene rings is 2. The SMILES string of the molecule is NC(=O)[C@H](CCCCNC(=O)CN1CCN(CC(=O)O)CCN(CC(=O)O)CCN(CC(=O)O)CC1)NC(=O)OCC1c2ccccc2-c2ccccc21. The van der Waals surface area contributed by atoms with E-state index in [1.807, 2.05) is 53.4 Å². The van der Waals surface area contributed by atoms with E-state index in [9.17, 15) is 44.1 Å². The van der Waals surface area contributed by atoms with Crippen molar-refractivity contribution in [2.45, 2.75) is 31.2 Å². The second-order valence-electron chi connectivity index (χ2n) is 13.6. The van der Waals surface area contributed by atoms with Gasteiger partial charge in [0.05, 0.1) is 26.2 Å². The second kappa shape index (κ2) is 21.0. The lowest BCUT2D eigenvalue weighted by molar-refractivity contribution is -0.140. The molecule has 0 saturated carbocycles. The van der Waals surface area contributed by atoms with E-state index in [0.29, 0.717) is 45.6 Å². The van der Waals surface area contributed by atoms with Crippen LogP contribution >= 0.6 is 0 Å². The zero-order valence-corrected chi connectivity index (χ0v) is 30.4. The number of rotatable bonds is 17. The summed E-state index contributed by atoms with van der Waals surface area (Å²) >= 11 is 0. The number of nitrogens with zero attached hydrogens (tertiary/aromatic N) is 4. The number of unbranched alkanes of at least 4 members (excludes halogenated alkanes) is 1. The van der Waals surface area contributed by atoms with Gasteiger partial charge in [0.2, 0.25) is 11.8 Å². The Morgan fingerprint density at radius 2 is 1.09 bits per heavy atom. The lowest BCUT2D eigenvalue weighted by Crippen LogP contribution is -2.49. The predicted octanol–water partition coefficient (Wildman–Crippen LogP) is 0.141. The number of carboxylic acids is 3. The van der Waals surface area contributed by atoms with Gasteiger partial charge in [-0.2, -0.15) is 0 Å². The smallest absolute Gasteiger partial charge is 0.407 e. The Balaban J connectivity index is 1.23. The zero-order chi connectivity index (χ0) is 39.0. The number of nitrogens with one attached hydrogen (secondary N) is 2. The van der Waals surface area contributed by atoms with Crippen LogP contribution in [0.4, 0.5) is 4.79 Å². The minimum Gasteiger partial charge on any atom is -0.480 e. The molecule has 1 saturated heterocycles. The van der Waals surface area contributed by atoms with Gasteiger partial charge in [0.25, 0.3) is 0 Å². The van der Waals surface area contributed by atoms with Crippen molar-refractivity contribution in [1.82, 2.24) is 30.2 Å². The third-order valence-electron chi connectivity index (χ3n) is 9.59. The van der Waals surface area contributed by atoms with Crippen molar-refractivity contribution in [1.29, 1.82) is 0 Å². The molecule has 54 heavy (non-hydrogen) atoms. The Labute approximate surface area is 314 Å². The largest absolute Gasteiger partial charge is 0.480 e. The Morgan fingerprint density at radius 1 is 0.667 bits per heavy atom. The molecule has 2 aromatic rings. The fraction of sp³-hybridized carbons (Fsp3) is 0.514. The Morgan fingerprint density at radius 3 is 1.52 bits per heavy atom. The van der Waals surface area contributed by atoms with Crippen LogP contribution in [-0.4, -0.2) is 168 Å². The molecule has 294 valence electrons. The molecule has 4 rings (SSSR count). The molecule has 17 heteroatoms. The minimum absolute atomic E-state index is 0.0137. The maximum Gasteiger partial charge on any atom is 0.407 e. The van der Waals surface area contributed by atoms with Crippen molar-refractivity contribution >= 4 is 35.8 Å². The highest BCUT2D eigenvalue weighted by Crippen LogP contribution is 2.44. The number of carbonyl (C=O) groups excluding carboxylic acids is 3. The van der Waals surface area contributed by atoms with Gasteiger partial charge in [-0.3, -0.25) is 43.6 Å². The van der Waals surface area contributed by atoms with Crippen LogP contribution in [0.15, 0.2) is 48.5 Å². The van der Waals surface area contributed by atoms with E-state index in [2.05, 4.69) is 10.6 Å². The van der Waals surface area contributed by atoms with Gasteiger partial charge in [-0.05, 0) is 41.5 Å². The number of hydrogen-bond acceptors (Lipinski definition) is 11. The summed E-state index contributed by atoms with van der Waals surface area (Å²) in [5, 5.41) is 33.6. The average Bonchev–Trinajstić information content (AvgIpc) is 3.43. The van der Waals surface area contributed by atoms with Crippen LogP contribution in [-0.2, 0) is 28.7 Å². The number of nitrogens with two attached hydrogens (primary N) is 1. The Bertz CT molecular complexity index is 1550. The van der Waals surface area contributed by atoms with Gasteiger partial charge in [0, 0.05) is 64.8 Å². The topological polar surface area (TPSA) is 235 Å². The molecule has 0 spiro atoms. The van der Waals surface area contributed by atoms with Crippen LogP contribution in [0.2, 0.25) is 0 Å². The summed E-state index contributed by atoms with van der Waals surface area (Å²) < 4.78 is 5.56. The fourth-order valence-corrected chi connectivity index (χ4v) is 6.81. The molecule has 1 aliphatic carbocycles. The van der Waals surface area contributed by atoms with Crippen molar-refractivity contribution in [3.05, 3.63) is 59.7 Å². The van der Waals surface area contributed by atoms with Gasteiger partial charge in [-0.1, -0.05) is 48.5 Å². The number of hydrogen-bond donors (Lipinski definition) is 6. The molecule has 0 radical (unpaired) electrons. The number of ether oxygens (including phenoxy) is 1. The number of fused-ring (bicyclic) bond motifs is 3. The molecule has 1 atom stereocenters. The fourth-order valence-electron chi connectivity index (χ4n) is 6.81. The summed E-state index contributed by atoms with van der Waals surface area (Å²) in [6.45, 7) is 1.95. The van der Waals surface area contributed by atoms with Crippen LogP contribution in [0.5, 0.6) is 0 Å². The van der Waals surface area contributed by atoms with E-state index >= 15 is 0 Å². The van der Waals surface area contributed by atoms with Crippen molar-refractivity contribution < 1.29 is 48.8 Å². The predicted molar refractivity (Wildman–Crippen MR) is 197 cm³/mol. The van der Waals surface area contributed by atoms with E-state index in [1.165, 1.54) is 0 Å². The van der Waals surface area contributed by atoms with Gasteiger partial charge >= 0.3 is 24.0 Å². The van der Waals surface area contributed by atoms with Crippen molar-refractivity contribution in [2.75, 3.05) is 91.7 Å². The summed E-state index contributed by atoms with van der Waals surface area (Å²) in [4.78, 5) is 79.1. The van der Waals surface area contributed by atoms with Gasteiger partial charge in [0.1, 0.15) is 12.6 Å². The number of alkyl carbamates (subject to hydrolysis) is 1. The molecular weight excluding hydrogens is 702 g/mol. The molecule has 1 aliphatic heterocycles. The number of amides is 3. The van der Waals surface area contributed by atoms with Crippen LogP contribution < -0.4 is 16.4 Å². The summed E-state index contributed by atoms with van der Waals surface area (Å²) in [7, 11) is 0. The van der Waals surface area contributed by atoms with E-state index in [0.717, 1.165) is 22.3 Å². The zero-order valence-electron chi connectivity index (χ0n) is 30.4. The van der Waals surface area contributed by atoms with Crippen LogP contribution in [0.25, 0.3) is 11.1 Å². The van der Waals surface area contributed by atoms with E-state index in [4.69, 9.17) is 10.5 Å². The van der Waals surface area contributed by atoms with Gasteiger partial charge in [-0.15, -0.1) is 0 Å². The molecule has 17 nitrogen and oxygen atoms in total. The first-order chi connectivity index (χ1) is 25.9. The first-order valence-corrected chi connectivity index (χ1v) is 18.1. The monoisotopic (exact) mass is 753 g/mol. The first-order valence-electron chi connectivity index (χ1n) is 18.1. The first kappa shape index (κ1) is 41.7. The van der Waals surface area contributed by atoms with Crippen molar-refractivity contribution in [3.8, 4) is 11.1 Å². The molecular formula is C37H51N7O10. The number of carboxylic acid groups (broad SMARTS) is 3. The molecule has 1 fully saturated rings. The van der Waals surface area contributed by atoms with Crippen LogP contribution in [0, 0.1) is 0 Å². The maximum atomic E-state index is 13.0.